The van der Waals surface area contributed by atoms with Crippen molar-refractivity contribution in [3.63, 3.8) is 0 Å². The monoisotopic (exact) mass is 437 g/mol. The lowest BCUT2D eigenvalue weighted by Crippen LogP contribution is -2.31. The number of carbonyl (C=O) groups excluding carboxylic acids is 1. The quantitative estimate of drug-likeness (QED) is 0.628. The van der Waals surface area contributed by atoms with Gasteiger partial charge in [0.1, 0.15) is 12.4 Å². The molecule has 1 atom stereocenters. The Kier molecular flexibility index (Phi) is 4.77. The lowest BCUT2D eigenvalue weighted by atomic mass is 9.95. The second-order valence-corrected chi connectivity index (χ2v) is 7.83. The number of aromatic nitrogens is 3. The van der Waals surface area contributed by atoms with Gasteiger partial charge in [-0.15, -0.1) is 0 Å². The van der Waals surface area contributed by atoms with Crippen molar-refractivity contribution in [1.29, 1.82) is 0 Å². The van der Waals surface area contributed by atoms with Gasteiger partial charge in [-0.3, -0.25) is 4.79 Å². The van der Waals surface area contributed by atoms with Gasteiger partial charge in [0, 0.05) is 15.9 Å². The summed E-state index contributed by atoms with van der Waals surface area (Å²) in [6.45, 7) is 5.91. The van der Waals surface area contributed by atoms with Crippen LogP contribution in [0.15, 0.2) is 64.5 Å². The molecular weight excluding hydrogens is 418 g/mol. The molecule has 6 nitrogen and oxygen atoms in total. The zero-order valence-electron chi connectivity index (χ0n) is 15.8. The summed E-state index contributed by atoms with van der Waals surface area (Å²) in [4.78, 5) is 17.6. The Balaban J connectivity index is 1.76. The molecule has 0 radical (unpaired) electrons. The summed E-state index contributed by atoms with van der Waals surface area (Å²) in [7, 11) is 0. The van der Waals surface area contributed by atoms with E-state index in [4.69, 9.17) is 0 Å². The number of rotatable bonds is 3. The van der Waals surface area contributed by atoms with Crippen LogP contribution in [0.4, 0.5) is 11.6 Å². The highest BCUT2D eigenvalue weighted by molar-refractivity contribution is 9.10. The fourth-order valence-electron chi connectivity index (χ4n) is 3.48. The molecule has 28 heavy (non-hydrogen) atoms. The zero-order chi connectivity index (χ0) is 19.8. The van der Waals surface area contributed by atoms with Crippen molar-refractivity contribution in [2.75, 3.05) is 10.6 Å². The van der Waals surface area contributed by atoms with Crippen LogP contribution in [0, 0.1) is 13.8 Å². The van der Waals surface area contributed by atoms with Gasteiger partial charge in [-0.05, 0) is 50.1 Å². The van der Waals surface area contributed by atoms with E-state index in [0.717, 1.165) is 32.5 Å². The highest BCUT2D eigenvalue weighted by Crippen LogP contribution is 2.35. The summed E-state index contributed by atoms with van der Waals surface area (Å²) in [5.74, 6) is 0.458. The first-order chi connectivity index (χ1) is 13.4. The molecule has 0 saturated heterocycles. The van der Waals surface area contributed by atoms with Gasteiger partial charge in [0.15, 0.2) is 0 Å². The maximum absolute atomic E-state index is 13.3. The largest absolute Gasteiger partial charge is 0.328 e. The Hall–Kier alpha value is -2.93. The molecule has 2 heterocycles. The van der Waals surface area contributed by atoms with Crippen molar-refractivity contribution < 1.29 is 4.79 Å². The van der Waals surface area contributed by atoms with Crippen molar-refractivity contribution in [2.45, 2.75) is 26.8 Å². The number of hydrogen-bond donors (Lipinski definition) is 2. The first-order valence-corrected chi connectivity index (χ1v) is 9.74. The lowest BCUT2D eigenvalue weighted by molar-refractivity contribution is -0.113. The number of aryl methyl sites for hydroxylation is 2. The average molecular weight is 438 g/mol. The van der Waals surface area contributed by atoms with Crippen LogP contribution in [-0.4, -0.2) is 20.7 Å². The fraction of sp³-hybridized carbons (Fsp3) is 0.190. The van der Waals surface area contributed by atoms with Crippen molar-refractivity contribution in [1.82, 2.24) is 14.8 Å². The number of fused-ring (bicyclic) bond motifs is 1. The van der Waals surface area contributed by atoms with E-state index in [1.807, 2.05) is 57.2 Å². The maximum Gasteiger partial charge on any atom is 0.255 e. The molecule has 0 spiro atoms. The summed E-state index contributed by atoms with van der Waals surface area (Å²) in [5, 5.41) is 10.6. The van der Waals surface area contributed by atoms with Gasteiger partial charge < -0.3 is 10.6 Å². The number of carbonyl (C=O) groups is 1. The molecule has 0 aliphatic carbocycles. The molecule has 0 bridgehead atoms. The van der Waals surface area contributed by atoms with E-state index in [-0.39, 0.29) is 11.9 Å². The smallest absolute Gasteiger partial charge is 0.255 e. The molecule has 0 unspecified atom stereocenters. The molecule has 1 aliphatic heterocycles. The lowest BCUT2D eigenvalue weighted by Gasteiger charge is -2.29. The van der Waals surface area contributed by atoms with E-state index < -0.39 is 0 Å². The minimum Gasteiger partial charge on any atom is -0.328 e. The summed E-state index contributed by atoms with van der Waals surface area (Å²) < 4.78 is 2.72. The number of hydrogen-bond acceptors (Lipinski definition) is 4. The zero-order valence-corrected chi connectivity index (χ0v) is 17.4. The summed E-state index contributed by atoms with van der Waals surface area (Å²) >= 11 is 3.47. The van der Waals surface area contributed by atoms with Gasteiger partial charge in [0.2, 0.25) is 5.95 Å². The summed E-state index contributed by atoms with van der Waals surface area (Å²) in [5.41, 5.74) is 5.31. The van der Waals surface area contributed by atoms with Crippen LogP contribution in [0.25, 0.3) is 0 Å². The number of amides is 1. The van der Waals surface area contributed by atoms with E-state index in [2.05, 4.69) is 42.7 Å². The Morgan fingerprint density at radius 3 is 2.61 bits per heavy atom. The third-order valence-electron chi connectivity index (χ3n) is 4.85. The number of anilines is 2. The van der Waals surface area contributed by atoms with E-state index in [0.29, 0.717) is 11.5 Å². The van der Waals surface area contributed by atoms with Crippen LogP contribution >= 0.6 is 15.9 Å². The van der Waals surface area contributed by atoms with E-state index in [9.17, 15) is 4.79 Å². The number of allylic oxidation sites excluding steroid dienone is 1. The van der Waals surface area contributed by atoms with Gasteiger partial charge in [0.05, 0.1) is 5.57 Å². The number of halogens is 1. The van der Waals surface area contributed by atoms with Gasteiger partial charge >= 0.3 is 0 Å². The number of nitrogens with one attached hydrogen (secondary N) is 2. The molecule has 0 saturated carbocycles. The predicted molar refractivity (Wildman–Crippen MR) is 113 cm³/mol. The van der Waals surface area contributed by atoms with Crippen LogP contribution in [0.5, 0.6) is 0 Å². The molecule has 3 aromatic rings. The van der Waals surface area contributed by atoms with Crippen LogP contribution < -0.4 is 10.6 Å². The first kappa shape index (κ1) is 18.4. The Morgan fingerprint density at radius 1 is 1.14 bits per heavy atom. The van der Waals surface area contributed by atoms with Gasteiger partial charge in [-0.1, -0.05) is 45.8 Å². The molecular formula is C21H20BrN5O. The van der Waals surface area contributed by atoms with Crippen LogP contribution in [0.3, 0.4) is 0 Å². The van der Waals surface area contributed by atoms with E-state index in [1.165, 1.54) is 6.33 Å². The molecule has 1 amide bonds. The second-order valence-electron chi connectivity index (χ2n) is 6.92. The van der Waals surface area contributed by atoms with E-state index >= 15 is 0 Å². The molecule has 1 aromatic heterocycles. The van der Waals surface area contributed by atoms with Crippen molar-refractivity contribution in [3.8, 4) is 0 Å². The Bertz CT molecular complexity index is 1080. The molecule has 4 rings (SSSR count). The SMILES string of the molecule is CC1=C(C(=O)Nc2ccc(C)cc2C)[C@H](c2ccc(Br)cc2)n2ncnc2N1. The third kappa shape index (κ3) is 3.33. The first-order valence-electron chi connectivity index (χ1n) is 8.95. The molecule has 2 aromatic carbocycles. The van der Waals surface area contributed by atoms with Crippen molar-refractivity contribution >= 4 is 33.5 Å². The molecule has 7 heteroatoms. The second kappa shape index (κ2) is 7.24. The Morgan fingerprint density at radius 2 is 1.89 bits per heavy atom. The Labute approximate surface area is 171 Å². The van der Waals surface area contributed by atoms with Crippen molar-refractivity contribution in [3.05, 3.63) is 81.2 Å². The molecule has 142 valence electrons. The summed E-state index contributed by atoms with van der Waals surface area (Å²) in [6, 6.07) is 13.5. The van der Waals surface area contributed by atoms with Gasteiger partial charge in [-0.25, -0.2) is 4.68 Å². The fourth-order valence-corrected chi connectivity index (χ4v) is 3.75. The molecule has 1 aliphatic rings. The minimum atomic E-state index is -0.363. The standard InChI is InChI=1S/C21H20BrN5O/c1-12-4-9-17(13(2)10-12)26-20(28)18-14(3)25-21-23-11-24-27(21)19(18)15-5-7-16(22)8-6-15/h4-11,19H,1-3H3,(H,26,28)(H,23,24,25)/t19-/m0/s1. The van der Waals surface area contributed by atoms with Crippen molar-refractivity contribution in [2.24, 2.45) is 0 Å². The highest BCUT2D eigenvalue weighted by atomic mass is 79.9. The van der Waals surface area contributed by atoms with Crippen LogP contribution in [0.2, 0.25) is 0 Å². The van der Waals surface area contributed by atoms with Crippen LogP contribution in [0.1, 0.15) is 29.7 Å². The normalized spacial score (nSPS) is 15.8. The molecule has 2 N–H and O–H groups in total. The number of nitrogens with zero attached hydrogens (tertiary/aromatic N) is 3. The third-order valence-corrected chi connectivity index (χ3v) is 5.38. The molecule has 0 fully saturated rings. The average Bonchev–Trinajstić information content (AvgIpc) is 3.11. The van der Waals surface area contributed by atoms with Crippen LogP contribution in [-0.2, 0) is 4.79 Å². The highest BCUT2D eigenvalue weighted by Gasteiger charge is 2.33. The topological polar surface area (TPSA) is 71.8 Å². The minimum absolute atomic E-state index is 0.161. The van der Waals surface area contributed by atoms with E-state index in [1.54, 1.807) is 4.68 Å². The van der Waals surface area contributed by atoms with Gasteiger partial charge in [0.25, 0.3) is 5.91 Å². The number of benzene rings is 2. The summed E-state index contributed by atoms with van der Waals surface area (Å²) in [6.07, 6.45) is 1.49. The predicted octanol–water partition coefficient (Wildman–Crippen LogP) is 4.59. The maximum atomic E-state index is 13.3. The van der Waals surface area contributed by atoms with Gasteiger partial charge in [-0.2, -0.15) is 10.1 Å².